The van der Waals surface area contributed by atoms with Gasteiger partial charge < -0.3 is 9.94 Å². The molecule has 0 unspecified atom stereocenters. The molecule has 0 fully saturated rings. The molecule has 0 saturated heterocycles. The molecule has 27 heavy (non-hydrogen) atoms. The van der Waals surface area contributed by atoms with Crippen LogP contribution < -0.4 is 0 Å². The summed E-state index contributed by atoms with van der Waals surface area (Å²) in [5.74, 6) is -0.943. The van der Waals surface area contributed by atoms with Crippen molar-refractivity contribution in [3.63, 3.8) is 0 Å². The SMILES string of the molecule is CCCCCCc1c(C(=O)ON(C)C)ccc(O)c1C(=O)c1ccccc1. The molecule has 0 aliphatic rings. The van der Waals surface area contributed by atoms with E-state index in [1.807, 2.05) is 6.07 Å². The van der Waals surface area contributed by atoms with Crippen molar-refractivity contribution in [3.8, 4) is 5.75 Å². The molecule has 0 bridgehead atoms. The maximum absolute atomic E-state index is 13.1. The fraction of sp³-hybridized carbons (Fsp3) is 0.364. The lowest BCUT2D eigenvalue weighted by atomic mass is 9.90. The predicted molar refractivity (Wildman–Crippen MR) is 105 cm³/mol. The van der Waals surface area contributed by atoms with Crippen molar-refractivity contribution in [3.05, 3.63) is 64.7 Å². The summed E-state index contributed by atoms with van der Waals surface area (Å²) in [5, 5.41) is 11.7. The number of carbonyl (C=O) groups excluding carboxylic acids is 2. The van der Waals surface area contributed by atoms with E-state index in [4.69, 9.17) is 4.84 Å². The lowest BCUT2D eigenvalue weighted by molar-refractivity contribution is -0.0714. The number of hydrogen-bond donors (Lipinski definition) is 1. The van der Waals surface area contributed by atoms with Gasteiger partial charge in [-0.25, -0.2) is 4.79 Å². The summed E-state index contributed by atoms with van der Waals surface area (Å²) in [6.45, 7) is 2.12. The lowest BCUT2D eigenvalue weighted by Crippen LogP contribution is -2.21. The standard InChI is InChI=1S/C22H27NO4/c1-4-5-6-10-13-17-18(22(26)27-23(2)3)14-15-19(24)20(17)21(25)16-11-8-7-9-12-16/h7-9,11-12,14-15,24H,4-6,10,13H2,1-3H3. The van der Waals surface area contributed by atoms with E-state index in [1.165, 1.54) is 17.2 Å². The highest BCUT2D eigenvalue weighted by atomic mass is 16.7. The third-order valence-corrected chi connectivity index (χ3v) is 4.32. The number of rotatable bonds is 9. The number of hydrogen-bond acceptors (Lipinski definition) is 5. The van der Waals surface area contributed by atoms with Crippen molar-refractivity contribution in [2.75, 3.05) is 14.1 Å². The monoisotopic (exact) mass is 369 g/mol. The van der Waals surface area contributed by atoms with Gasteiger partial charge in [-0.2, -0.15) is 0 Å². The van der Waals surface area contributed by atoms with Crippen molar-refractivity contribution in [1.82, 2.24) is 5.06 Å². The minimum absolute atomic E-state index is 0.115. The Hall–Kier alpha value is -2.66. The van der Waals surface area contributed by atoms with E-state index in [2.05, 4.69) is 6.92 Å². The van der Waals surface area contributed by atoms with Crippen molar-refractivity contribution < 1.29 is 19.5 Å². The molecule has 0 spiro atoms. The van der Waals surface area contributed by atoms with Crippen molar-refractivity contribution in [1.29, 1.82) is 0 Å². The highest BCUT2D eigenvalue weighted by Gasteiger charge is 2.24. The van der Waals surface area contributed by atoms with Crippen LogP contribution in [0, 0.1) is 0 Å². The molecule has 5 heteroatoms. The van der Waals surface area contributed by atoms with Gasteiger partial charge in [-0.1, -0.05) is 56.5 Å². The summed E-state index contributed by atoms with van der Waals surface area (Å²) in [5.41, 5.74) is 1.52. The van der Waals surface area contributed by atoms with E-state index in [0.717, 1.165) is 25.7 Å². The van der Waals surface area contributed by atoms with Crippen molar-refractivity contribution >= 4 is 11.8 Å². The second kappa shape index (κ2) is 9.88. The van der Waals surface area contributed by atoms with Gasteiger partial charge in [0.1, 0.15) is 5.75 Å². The van der Waals surface area contributed by atoms with Crippen LogP contribution in [-0.2, 0) is 11.3 Å². The van der Waals surface area contributed by atoms with E-state index in [-0.39, 0.29) is 17.1 Å². The second-order valence-electron chi connectivity index (χ2n) is 6.68. The van der Waals surface area contributed by atoms with Crippen LogP contribution in [0.2, 0.25) is 0 Å². The summed E-state index contributed by atoms with van der Waals surface area (Å²) in [6, 6.07) is 11.7. The van der Waals surface area contributed by atoms with E-state index in [9.17, 15) is 14.7 Å². The molecule has 0 atom stereocenters. The largest absolute Gasteiger partial charge is 0.507 e. The molecule has 0 aliphatic heterocycles. The van der Waals surface area contributed by atoms with E-state index < -0.39 is 5.97 Å². The molecular formula is C22H27NO4. The Balaban J connectivity index is 2.48. The zero-order valence-corrected chi connectivity index (χ0v) is 16.2. The van der Waals surface area contributed by atoms with E-state index in [1.54, 1.807) is 38.4 Å². The van der Waals surface area contributed by atoms with Gasteiger partial charge in [0, 0.05) is 19.7 Å². The topological polar surface area (TPSA) is 66.8 Å². The number of nitrogens with zero attached hydrogens (tertiary/aromatic N) is 1. The Bertz CT molecular complexity index is 784. The Morgan fingerprint density at radius 3 is 2.33 bits per heavy atom. The first-order valence-corrected chi connectivity index (χ1v) is 9.30. The number of hydroxylamine groups is 2. The average Bonchev–Trinajstić information content (AvgIpc) is 2.65. The predicted octanol–water partition coefficient (Wildman–Crippen LogP) is 4.38. The lowest BCUT2D eigenvalue weighted by Gasteiger charge is -2.17. The van der Waals surface area contributed by atoms with Crippen LogP contribution in [-0.4, -0.2) is 36.0 Å². The molecule has 2 aromatic carbocycles. The van der Waals surface area contributed by atoms with Gasteiger partial charge in [0.25, 0.3) is 0 Å². The number of phenols is 1. The maximum Gasteiger partial charge on any atom is 0.357 e. The first-order valence-electron chi connectivity index (χ1n) is 9.30. The molecule has 0 heterocycles. The Morgan fingerprint density at radius 2 is 1.70 bits per heavy atom. The first kappa shape index (κ1) is 20.6. The first-order chi connectivity index (χ1) is 13.0. The highest BCUT2D eigenvalue weighted by Crippen LogP contribution is 2.29. The Kier molecular flexibility index (Phi) is 7.55. The van der Waals surface area contributed by atoms with E-state index >= 15 is 0 Å². The Morgan fingerprint density at radius 1 is 1.00 bits per heavy atom. The molecule has 0 radical (unpaired) electrons. The molecule has 2 aromatic rings. The fourth-order valence-corrected chi connectivity index (χ4v) is 3.02. The van der Waals surface area contributed by atoms with Crippen LogP contribution in [0.1, 0.15) is 64.4 Å². The van der Waals surface area contributed by atoms with Crippen LogP contribution in [0.25, 0.3) is 0 Å². The third-order valence-electron chi connectivity index (χ3n) is 4.32. The van der Waals surface area contributed by atoms with Crippen LogP contribution in [0.4, 0.5) is 0 Å². The number of unbranched alkanes of at least 4 members (excludes halogenated alkanes) is 3. The summed E-state index contributed by atoms with van der Waals surface area (Å²) in [4.78, 5) is 30.8. The molecule has 2 rings (SSSR count). The summed E-state index contributed by atoms with van der Waals surface area (Å²) >= 11 is 0. The minimum Gasteiger partial charge on any atom is -0.507 e. The normalized spacial score (nSPS) is 10.8. The van der Waals surface area contributed by atoms with Crippen LogP contribution in [0.3, 0.4) is 0 Å². The number of carbonyl (C=O) groups is 2. The molecule has 0 saturated carbocycles. The molecule has 5 nitrogen and oxygen atoms in total. The zero-order valence-electron chi connectivity index (χ0n) is 16.2. The van der Waals surface area contributed by atoms with Crippen LogP contribution >= 0.6 is 0 Å². The quantitative estimate of drug-likeness (QED) is 0.404. The van der Waals surface area contributed by atoms with Gasteiger partial charge in [-0.3, -0.25) is 4.79 Å². The molecule has 0 aromatic heterocycles. The van der Waals surface area contributed by atoms with E-state index in [0.29, 0.717) is 23.1 Å². The number of aromatic hydroxyl groups is 1. The molecular weight excluding hydrogens is 342 g/mol. The van der Waals surface area contributed by atoms with Crippen LogP contribution in [0.15, 0.2) is 42.5 Å². The van der Waals surface area contributed by atoms with Gasteiger partial charge in [0.15, 0.2) is 5.78 Å². The van der Waals surface area contributed by atoms with Gasteiger partial charge >= 0.3 is 5.97 Å². The number of benzene rings is 2. The van der Waals surface area contributed by atoms with Crippen LogP contribution in [0.5, 0.6) is 5.75 Å². The fourth-order valence-electron chi connectivity index (χ4n) is 3.02. The number of phenolic OH excluding ortho intramolecular Hbond substituents is 1. The number of ketones is 1. The second-order valence-corrected chi connectivity index (χ2v) is 6.68. The highest BCUT2D eigenvalue weighted by molar-refractivity contribution is 6.13. The summed E-state index contributed by atoms with van der Waals surface area (Å²) in [6.07, 6.45) is 4.52. The summed E-state index contributed by atoms with van der Waals surface area (Å²) in [7, 11) is 3.24. The Labute approximate surface area is 160 Å². The molecule has 1 N–H and O–H groups in total. The zero-order chi connectivity index (χ0) is 19.8. The van der Waals surface area contributed by atoms with Crippen molar-refractivity contribution in [2.24, 2.45) is 0 Å². The van der Waals surface area contributed by atoms with Crippen molar-refractivity contribution in [2.45, 2.75) is 39.0 Å². The van der Waals surface area contributed by atoms with Gasteiger partial charge in [-0.15, -0.1) is 5.06 Å². The minimum atomic E-state index is -0.535. The molecule has 144 valence electrons. The van der Waals surface area contributed by atoms with Gasteiger partial charge in [0.2, 0.25) is 0 Å². The van der Waals surface area contributed by atoms with Gasteiger partial charge in [0.05, 0.1) is 11.1 Å². The smallest absolute Gasteiger partial charge is 0.357 e. The third kappa shape index (κ3) is 5.41. The summed E-state index contributed by atoms with van der Waals surface area (Å²) < 4.78 is 0. The average molecular weight is 369 g/mol. The molecule has 0 amide bonds. The molecule has 0 aliphatic carbocycles. The maximum atomic E-state index is 13.1. The van der Waals surface area contributed by atoms with Gasteiger partial charge in [-0.05, 0) is 30.5 Å².